The Hall–Kier alpha value is -2.08. The summed E-state index contributed by atoms with van der Waals surface area (Å²) in [6.07, 6.45) is 9.31. The van der Waals surface area contributed by atoms with Crippen LogP contribution in [0.4, 0.5) is 4.79 Å². The maximum atomic E-state index is 13.0. The number of nitrogens with one attached hydrogen (secondary N) is 1. The van der Waals surface area contributed by atoms with Crippen LogP contribution in [-0.2, 0) is 6.54 Å². The van der Waals surface area contributed by atoms with Gasteiger partial charge in [-0.3, -0.25) is 4.68 Å². The van der Waals surface area contributed by atoms with Crippen LogP contribution in [0.1, 0.15) is 43.7 Å². The summed E-state index contributed by atoms with van der Waals surface area (Å²) in [5.74, 6) is 0.940. The Kier molecular flexibility index (Phi) is 5.62. The lowest BCUT2D eigenvalue weighted by molar-refractivity contribution is 0.144. The zero-order valence-corrected chi connectivity index (χ0v) is 16.2. The second-order valence-electron chi connectivity index (χ2n) is 7.75. The first-order chi connectivity index (χ1) is 13.2. The zero-order chi connectivity index (χ0) is 18.6. The number of carbonyl (C=O) groups is 1. The number of carbonyl (C=O) groups excluding carboxylic acids is 1. The minimum atomic E-state index is 0.0464. The zero-order valence-electron chi connectivity index (χ0n) is 15.4. The van der Waals surface area contributed by atoms with Crippen LogP contribution in [0.2, 0.25) is 5.02 Å². The quantitative estimate of drug-likeness (QED) is 0.846. The third-order valence-electron chi connectivity index (χ3n) is 5.85. The van der Waals surface area contributed by atoms with Gasteiger partial charge in [0.2, 0.25) is 0 Å². The summed E-state index contributed by atoms with van der Waals surface area (Å²) in [7, 11) is 0. The van der Waals surface area contributed by atoms with Crippen LogP contribution in [0, 0.1) is 11.8 Å². The summed E-state index contributed by atoms with van der Waals surface area (Å²) < 4.78 is 1.86. The highest BCUT2D eigenvalue weighted by Gasteiger charge is 2.32. The topological polar surface area (TPSA) is 63.1 Å². The van der Waals surface area contributed by atoms with Gasteiger partial charge < -0.3 is 10.2 Å². The van der Waals surface area contributed by atoms with Crippen molar-refractivity contribution in [1.82, 2.24) is 25.2 Å². The third kappa shape index (κ3) is 4.43. The van der Waals surface area contributed by atoms with E-state index in [0.29, 0.717) is 11.8 Å². The van der Waals surface area contributed by atoms with Gasteiger partial charge in [-0.05, 0) is 55.2 Å². The second-order valence-corrected chi connectivity index (χ2v) is 8.19. The molecular weight excluding hydrogens is 362 g/mol. The molecule has 2 atom stereocenters. The third-order valence-corrected chi connectivity index (χ3v) is 6.10. The predicted molar refractivity (Wildman–Crippen MR) is 104 cm³/mol. The van der Waals surface area contributed by atoms with Crippen molar-refractivity contribution in [3.05, 3.63) is 47.2 Å². The van der Waals surface area contributed by atoms with Gasteiger partial charge in [0.15, 0.2) is 0 Å². The molecule has 1 saturated heterocycles. The van der Waals surface area contributed by atoms with E-state index in [1.165, 1.54) is 19.3 Å². The molecule has 0 radical (unpaired) electrons. The van der Waals surface area contributed by atoms with Crippen LogP contribution in [0.3, 0.4) is 0 Å². The first-order valence-corrected chi connectivity index (χ1v) is 10.2. The van der Waals surface area contributed by atoms with Crippen molar-refractivity contribution in [3.63, 3.8) is 0 Å². The average molecular weight is 388 g/mol. The number of likely N-dealkylation sites (tertiary alicyclic amines) is 1. The molecule has 27 heavy (non-hydrogen) atoms. The van der Waals surface area contributed by atoms with Crippen LogP contribution in [-0.4, -0.2) is 39.0 Å². The van der Waals surface area contributed by atoms with E-state index in [0.717, 1.165) is 43.1 Å². The average Bonchev–Trinajstić information content (AvgIpc) is 3.13. The lowest BCUT2D eigenvalue weighted by Gasteiger charge is -2.38. The van der Waals surface area contributed by atoms with E-state index < -0.39 is 0 Å². The maximum absolute atomic E-state index is 13.0. The van der Waals surface area contributed by atoms with Gasteiger partial charge in [-0.1, -0.05) is 35.4 Å². The Balaban J connectivity index is 1.40. The molecule has 2 amide bonds. The summed E-state index contributed by atoms with van der Waals surface area (Å²) in [5.41, 5.74) is 1.15. The van der Waals surface area contributed by atoms with Crippen LogP contribution in [0.5, 0.6) is 0 Å². The van der Waals surface area contributed by atoms with Gasteiger partial charge in [0.1, 0.15) is 0 Å². The van der Waals surface area contributed by atoms with E-state index in [-0.39, 0.29) is 12.1 Å². The lowest BCUT2D eigenvalue weighted by Crippen LogP contribution is -2.48. The van der Waals surface area contributed by atoms with Gasteiger partial charge in [0.25, 0.3) is 0 Å². The lowest BCUT2D eigenvalue weighted by atomic mass is 9.77. The summed E-state index contributed by atoms with van der Waals surface area (Å²) >= 11 is 6.04. The smallest absolute Gasteiger partial charge is 0.317 e. The largest absolute Gasteiger partial charge is 0.331 e. The van der Waals surface area contributed by atoms with Crippen molar-refractivity contribution < 1.29 is 4.79 Å². The molecule has 1 aliphatic heterocycles. The van der Waals surface area contributed by atoms with Crippen LogP contribution >= 0.6 is 11.6 Å². The van der Waals surface area contributed by atoms with Crippen molar-refractivity contribution in [2.45, 2.75) is 44.7 Å². The fourth-order valence-electron chi connectivity index (χ4n) is 4.13. The number of amides is 2. The van der Waals surface area contributed by atoms with Gasteiger partial charge >= 0.3 is 6.03 Å². The summed E-state index contributed by atoms with van der Waals surface area (Å²) in [5, 5.41) is 12.0. The molecule has 0 bridgehead atoms. The molecule has 1 aromatic carbocycles. The van der Waals surface area contributed by atoms with E-state index in [1.54, 1.807) is 6.20 Å². The number of urea groups is 1. The van der Waals surface area contributed by atoms with E-state index in [9.17, 15) is 4.79 Å². The van der Waals surface area contributed by atoms with Crippen LogP contribution in [0.25, 0.3) is 0 Å². The Labute approximate surface area is 164 Å². The van der Waals surface area contributed by atoms with E-state index in [4.69, 9.17) is 11.6 Å². The van der Waals surface area contributed by atoms with Crippen molar-refractivity contribution in [3.8, 4) is 0 Å². The molecule has 2 unspecified atom stereocenters. The Morgan fingerprint density at radius 3 is 2.70 bits per heavy atom. The molecule has 1 aromatic heterocycles. The molecule has 1 N–H and O–H groups in total. The molecule has 7 heteroatoms. The highest BCUT2D eigenvalue weighted by Crippen LogP contribution is 2.38. The van der Waals surface area contributed by atoms with Crippen LogP contribution < -0.4 is 5.32 Å². The number of aromatic nitrogens is 3. The fraction of sp³-hybridized carbons (Fsp3) is 0.550. The Morgan fingerprint density at radius 2 is 2.04 bits per heavy atom. The van der Waals surface area contributed by atoms with Gasteiger partial charge in [-0.25, -0.2) is 4.79 Å². The molecule has 1 saturated carbocycles. The summed E-state index contributed by atoms with van der Waals surface area (Å²) in [6, 6.07) is 8.00. The van der Waals surface area contributed by atoms with Gasteiger partial charge in [0, 0.05) is 30.9 Å². The molecule has 0 spiro atoms. The molecule has 2 heterocycles. The van der Waals surface area contributed by atoms with Gasteiger partial charge in [-0.15, -0.1) is 5.10 Å². The molecule has 144 valence electrons. The second kappa shape index (κ2) is 8.30. The van der Waals surface area contributed by atoms with E-state index in [2.05, 4.69) is 15.6 Å². The Morgan fingerprint density at radius 1 is 1.22 bits per heavy atom. The first-order valence-electron chi connectivity index (χ1n) is 9.84. The standard InChI is InChI=1S/C20H26ClN5O/c21-18-8-6-17(7-9-18)19(16-4-1-5-16)23-20(27)25-11-2-3-15(13-25)14-26-12-10-22-24-26/h6-10,12,15-16,19H,1-5,11,13-14H2,(H,23,27). The normalized spacial score (nSPS) is 21.5. The van der Waals surface area contributed by atoms with Crippen molar-refractivity contribution in [2.24, 2.45) is 11.8 Å². The van der Waals surface area contributed by atoms with Crippen molar-refractivity contribution >= 4 is 17.6 Å². The minimum Gasteiger partial charge on any atom is -0.331 e. The molecule has 4 rings (SSSR count). The molecule has 1 aliphatic carbocycles. The number of halogens is 1. The predicted octanol–water partition coefficient (Wildman–Crippen LogP) is 3.89. The number of nitrogens with zero attached hydrogens (tertiary/aromatic N) is 4. The molecular formula is C20H26ClN5O. The molecule has 2 aliphatic rings. The van der Waals surface area contributed by atoms with E-state index >= 15 is 0 Å². The minimum absolute atomic E-state index is 0.0464. The van der Waals surface area contributed by atoms with Crippen molar-refractivity contribution in [1.29, 1.82) is 0 Å². The van der Waals surface area contributed by atoms with E-state index in [1.807, 2.05) is 40.0 Å². The highest BCUT2D eigenvalue weighted by molar-refractivity contribution is 6.30. The first kappa shape index (κ1) is 18.3. The number of hydrogen-bond donors (Lipinski definition) is 1. The Bertz CT molecular complexity index is 744. The number of hydrogen-bond acceptors (Lipinski definition) is 3. The number of rotatable bonds is 5. The molecule has 6 nitrogen and oxygen atoms in total. The fourth-order valence-corrected chi connectivity index (χ4v) is 4.26. The summed E-state index contributed by atoms with van der Waals surface area (Å²) in [4.78, 5) is 15.0. The molecule has 2 fully saturated rings. The summed E-state index contributed by atoms with van der Waals surface area (Å²) in [6.45, 7) is 2.40. The monoisotopic (exact) mass is 387 g/mol. The van der Waals surface area contributed by atoms with Gasteiger partial charge in [-0.2, -0.15) is 0 Å². The number of benzene rings is 1. The van der Waals surface area contributed by atoms with Gasteiger partial charge in [0.05, 0.1) is 12.2 Å². The highest BCUT2D eigenvalue weighted by atomic mass is 35.5. The molecule has 2 aromatic rings. The SMILES string of the molecule is O=C(NC(c1ccc(Cl)cc1)C1CCC1)N1CCCC(Cn2ccnn2)C1. The maximum Gasteiger partial charge on any atom is 0.317 e. The number of piperidine rings is 1. The van der Waals surface area contributed by atoms with Crippen LogP contribution in [0.15, 0.2) is 36.7 Å². The van der Waals surface area contributed by atoms with Crippen molar-refractivity contribution in [2.75, 3.05) is 13.1 Å².